The molecule has 0 saturated carbocycles. The molecule has 3 unspecified atom stereocenters. The first kappa shape index (κ1) is 55.8. The summed E-state index contributed by atoms with van der Waals surface area (Å²) in [4.78, 5) is 25.2. The number of hydrogen-bond donors (Lipinski definition) is 2. The standard InChI is InChI=1S/C43H85NO5.CH4O4S/c1-6-8-10-12-14-16-18-20-22-24-26-28-30-32-34-36-41(46)48-38(3)43(44-40(5)45)39(4)49-42(47)37-35-33-31-29-27-25-23-21-19-17-15-13-11-9-7-2;1-5-6(2,3)4/h38-40,43-45H,6-37H2,1-5H3;1H3,(H,2,3,4). The maximum absolute atomic E-state index is 12.6. The van der Waals surface area contributed by atoms with Crippen LogP contribution in [-0.4, -0.2) is 61.6 Å². The molecule has 0 aromatic carbocycles. The molecule has 0 spiro atoms. The molecule has 0 rings (SSSR count). The van der Waals surface area contributed by atoms with Crippen molar-refractivity contribution in [2.45, 2.75) is 265 Å². The summed E-state index contributed by atoms with van der Waals surface area (Å²) < 4.78 is 42.5. The molecular formula is C44H89NO9S. The van der Waals surface area contributed by atoms with E-state index in [9.17, 15) is 27.7 Å². The summed E-state index contributed by atoms with van der Waals surface area (Å²) in [6.45, 7) is 9.91. The zero-order valence-electron chi connectivity index (χ0n) is 36.6. The van der Waals surface area contributed by atoms with Gasteiger partial charge < -0.3 is 24.4 Å². The Balaban J connectivity index is 0. The number of carbonyl (C=O) groups is 2. The SMILES string of the molecule is CCCCCCCCCCCCCCCCCC(=O)OC(C)C([NH2+]C(C)O)C(C)OC(=O)CCCCCCCCCCCCCCCCC.COS(=O)(=O)[O-]. The molecule has 0 fully saturated rings. The van der Waals surface area contributed by atoms with Crippen molar-refractivity contribution in [2.24, 2.45) is 0 Å². The van der Waals surface area contributed by atoms with E-state index in [-0.39, 0.29) is 18.0 Å². The van der Waals surface area contributed by atoms with Gasteiger partial charge in [0.25, 0.3) is 0 Å². The second kappa shape index (κ2) is 40.9. The molecule has 0 amide bonds. The molecule has 0 aromatic rings. The van der Waals surface area contributed by atoms with Crippen LogP contribution in [0.3, 0.4) is 0 Å². The average molecular weight is 808 g/mol. The summed E-state index contributed by atoms with van der Waals surface area (Å²) in [6.07, 6.45) is 38.1. The van der Waals surface area contributed by atoms with E-state index in [1.54, 1.807) is 12.2 Å². The molecule has 330 valence electrons. The monoisotopic (exact) mass is 808 g/mol. The Morgan fingerprint density at radius 1 is 0.509 bits per heavy atom. The maximum Gasteiger partial charge on any atom is 0.306 e. The first-order valence-electron chi connectivity index (χ1n) is 22.8. The molecule has 3 N–H and O–H groups in total. The van der Waals surface area contributed by atoms with Gasteiger partial charge in [0.2, 0.25) is 10.4 Å². The molecule has 0 heterocycles. The summed E-state index contributed by atoms with van der Waals surface area (Å²) in [5.41, 5.74) is 0. The fourth-order valence-corrected chi connectivity index (χ4v) is 6.99. The van der Waals surface area contributed by atoms with Gasteiger partial charge in [-0.15, -0.1) is 0 Å². The van der Waals surface area contributed by atoms with E-state index < -0.39 is 28.8 Å². The van der Waals surface area contributed by atoms with Crippen LogP contribution in [0.2, 0.25) is 0 Å². The molecule has 0 aliphatic rings. The minimum Gasteiger partial charge on any atom is -0.726 e. The number of rotatable bonds is 39. The highest BCUT2D eigenvalue weighted by Crippen LogP contribution is 2.16. The van der Waals surface area contributed by atoms with Crippen molar-refractivity contribution >= 4 is 22.3 Å². The first-order valence-corrected chi connectivity index (χ1v) is 24.1. The highest BCUT2D eigenvalue weighted by atomic mass is 32.3. The van der Waals surface area contributed by atoms with Crippen LogP contribution in [0, 0.1) is 0 Å². The number of unbranched alkanes of at least 4 members (excludes halogenated alkanes) is 28. The van der Waals surface area contributed by atoms with Crippen LogP contribution >= 0.6 is 0 Å². The lowest BCUT2D eigenvalue weighted by Gasteiger charge is -2.28. The summed E-state index contributed by atoms with van der Waals surface area (Å²) in [6, 6.07) is -0.352. The Kier molecular flexibility index (Phi) is 41.5. The highest BCUT2D eigenvalue weighted by molar-refractivity contribution is 7.80. The predicted molar refractivity (Wildman–Crippen MR) is 224 cm³/mol. The average Bonchev–Trinajstić information content (AvgIpc) is 3.13. The summed E-state index contributed by atoms with van der Waals surface area (Å²) in [5.74, 6) is -0.412. The predicted octanol–water partition coefficient (Wildman–Crippen LogP) is 10.7. The van der Waals surface area contributed by atoms with Gasteiger partial charge in [0.05, 0.1) is 7.11 Å². The van der Waals surface area contributed by atoms with Crippen LogP contribution < -0.4 is 5.32 Å². The normalized spacial score (nSPS) is 13.7. The molecule has 0 radical (unpaired) electrons. The Hall–Kier alpha value is -1.27. The Morgan fingerprint density at radius 3 is 0.927 bits per heavy atom. The van der Waals surface area contributed by atoms with E-state index in [0.29, 0.717) is 12.8 Å². The van der Waals surface area contributed by atoms with Gasteiger partial charge >= 0.3 is 11.9 Å². The van der Waals surface area contributed by atoms with Gasteiger partial charge in [0.15, 0.2) is 24.5 Å². The lowest BCUT2D eigenvalue weighted by Crippen LogP contribution is -2.98. The molecular weight excluding hydrogens is 719 g/mol. The molecule has 0 aromatic heterocycles. The van der Waals surface area contributed by atoms with Crippen molar-refractivity contribution < 1.29 is 46.6 Å². The summed E-state index contributed by atoms with van der Waals surface area (Å²) in [5, 5.41) is 11.8. The number of aliphatic hydroxyl groups is 1. The molecule has 3 atom stereocenters. The van der Waals surface area contributed by atoms with E-state index in [2.05, 4.69) is 18.0 Å². The highest BCUT2D eigenvalue weighted by Gasteiger charge is 2.33. The molecule has 0 aliphatic carbocycles. The van der Waals surface area contributed by atoms with Crippen LogP contribution in [-0.2, 0) is 33.6 Å². The van der Waals surface area contributed by atoms with Gasteiger partial charge in [-0.3, -0.25) is 13.8 Å². The summed E-state index contributed by atoms with van der Waals surface area (Å²) in [7, 11) is -3.60. The minimum atomic E-state index is -4.41. The van der Waals surface area contributed by atoms with Crippen LogP contribution in [0.5, 0.6) is 0 Å². The fourth-order valence-electron chi connectivity index (χ4n) is 6.99. The van der Waals surface area contributed by atoms with Gasteiger partial charge in [-0.05, 0) is 26.7 Å². The first-order chi connectivity index (χ1) is 26.4. The lowest BCUT2D eigenvalue weighted by atomic mass is 10.0. The van der Waals surface area contributed by atoms with Crippen molar-refractivity contribution in [1.82, 2.24) is 0 Å². The van der Waals surface area contributed by atoms with Gasteiger partial charge in [0, 0.05) is 19.8 Å². The number of ether oxygens (including phenoxy) is 2. The van der Waals surface area contributed by atoms with E-state index >= 15 is 0 Å². The zero-order valence-corrected chi connectivity index (χ0v) is 37.5. The van der Waals surface area contributed by atoms with Crippen molar-refractivity contribution in [3.63, 3.8) is 0 Å². The summed E-state index contributed by atoms with van der Waals surface area (Å²) >= 11 is 0. The van der Waals surface area contributed by atoms with E-state index in [1.807, 2.05) is 13.8 Å². The molecule has 0 bridgehead atoms. The van der Waals surface area contributed by atoms with Crippen LogP contribution in [0.15, 0.2) is 0 Å². The molecule has 0 saturated heterocycles. The van der Waals surface area contributed by atoms with Gasteiger partial charge in [-0.1, -0.05) is 194 Å². The van der Waals surface area contributed by atoms with Crippen LogP contribution in [0.4, 0.5) is 0 Å². The van der Waals surface area contributed by atoms with Gasteiger partial charge in [-0.25, -0.2) is 8.42 Å². The van der Waals surface area contributed by atoms with E-state index in [4.69, 9.17) is 9.47 Å². The smallest absolute Gasteiger partial charge is 0.306 e. The zero-order chi connectivity index (χ0) is 41.4. The minimum absolute atomic E-state index is 0.206. The topological polar surface area (TPSA) is 156 Å². The Bertz CT molecular complexity index is 894. The van der Waals surface area contributed by atoms with E-state index in [0.717, 1.165) is 32.8 Å². The molecule has 55 heavy (non-hydrogen) atoms. The third-order valence-electron chi connectivity index (χ3n) is 10.4. The lowest BCUT2D eigenvalue weighted by molar-refractivity contribution is -0.759. The Morgan fingerprint density at radius 2 is 0.727 bits per heavy atom. The second-order valence-electron chi connectivity index (χ2n) is 15.9. The van der Waals surface area contributed by atoms with Crippen molar-refractivity contribution in [1.29, 1.82) is 0 Å². The number of esters is 2. The number of aliphatic hydroxyl groups excluding tert-OH is 1. The quantitative estimate of drug-likeness (QED) is 0.0203. The van der Waals surface area contributed by atoms with Crippen molar-refractivity contribution in [2.75, 3.05) is 7.11 Å². The van der Waals surface area contributed by atoms with Crippen LogP contribution in [0.1, 0.15) is 240 Å². The third kappa shape index (κ3) is 43.7. The maximum atomic E-state index is 12.6. The number of nitrogens with two attached hydrogens (primary N) is 1. The molecule has 11 heteroatoms. The number of hydrogen-bond acceptors (Lipinski definition) is 9. The van der Waals surface area contributed by atoms with E-state index in [1.165, 1.54) is 167 Å². The largest absolute Gasteiger partial charge is 0.726 e. The molecule has 10 nitrogen and oxygen atoms in total. The van der Waals surface area contributed by atoms with Crippen LogP contribution in [0.25, 0.3) is 0 Å². The van der Waals surface area contributed by atoms with Crippen molar-refractivity contribution in [3.05, 3.63) is 0 Å². The molecule has 0 aliphatic heterocycles. The number of quaternary nitrogens is 1. The van der Waals surface area contributed by atoms with Crippen molar-refractivity contribution in [3.8, 4) is 0 Å². The number of carbonyl (C=O) groups excluding carboxylic acids is 2. The Labute approximate surface area is 339 Å². The second-order valence-corrected chi connectivity index (χ2v) is 17.0. The van der Waals surface area contributed by atoms with Gasteiger partial charge in [0.1, 0.15) is 0 Å². The fraction of sp³-hybridized carbons (Fsp3) is 0.955. The third-order valence-corrected chi connectivity index (χ3v) is 10.8. The van der Waals surface area contributed by atoms with Gasteiger partial charge in [-0.2, -0.15) is 0 Å².